The summed E-state index contributed by atoms with van der Waals surface area (Å²) in [5, 5.41) is 4.01. The van der Waals surface area contributed by atoms with Crippen molar-refractivity contribution in [1.29, 1.82) is 0 Å². The lowest BCUT2D eigenvalue weighted by Crippen LogP contribution is -2.17. The van der Waals surface area contributed by atoms with E-state index in [2.05, 4.69) is 42.4 Å². The third-order valence-electron chi connectivity index (χ3n) is 3.09. The van der Waals surface area contributed by atoms with Crippen LogP contribution in [-0.4, -0.2) is 25.3 Å². The molecule has 0 aromatic heterocycles. The summed E-state index contributed by atoms with van der Waals surface area (Å²) in [5.74, 6) is 0.991. The lowest BCUT2D eigenvalue weighted by atomic mass is 10.2. The van der Waals surface area contributed by atoms with Crippen molar-refractivity contribution in [3.8, 4) is 11.5 Å². The zero-order chi connectivity index (χ0) is 18.2. The van der Waals surface area contributed by atoms with Gasteiger partial charge in [0.25, 0.3) is 5.91 Å². The molecular weight excluding hydrogens is 452 g/mol. The third-order valence-corrected chi connectivity index (χ3v) is 4.17. The molecule has 132 valence electrons. The third kappa shape index (κ3) is 5.57. The molecule has 0 saturated carbocycles. The van der Waals surface area contributed by atoms with Crippen molar-refractivity contribution in [2.24, 2.45) is 5.10 Å². The Morgan fingerprint density at radius 3 is 2.60 bits per heavy atom. The van der Waals surface area contributed by atoms with E-state index < -0.39 is 0 Å². The number of hydrazone groups is 1. The first-order valence-corrected chi connectivity index (χ1v) is 9.31. The van der Waals surface area contributed by atoms with E-state index >= 15 is 0 Å². The summed E-state index contributed by atoms with van der Waals surface area (Å²) in [4.78, 5) is 12.1. The molecule has 0 aliphatic carbocycles. The molecule has 0 saturated heterocycles. The van der Waals surface area contributed by atoms with Crippen LogP contribution in [0.2, 0.25) is 0 Å². The molecule has 0 heterocycles. The van der Waals surface area contributed by atoms with E-state index in [0.29, 0.717) is 30.3 Å². The molecule has 1 N–H and O–H groups in total. The molecule has 0 bridgehead atoms. The highest BCUT2D eigenvalue weighted by Crippen LogP contribution is 2.36. The number of nitrogens with zero attached hydrogens (tertiary/aromatic N) is 1. The highest BCUT2D eigenvalue weighted by atomic mass is 79.9. The van der Waals surface area contributed by atoms with Crippen molar-refractivity contribution in [2.45, 2.75) is 13.8 Å². The van der Waals surface area contributed by atoms with Crippen molar-refractivity contribution >= 4 is 44.0 Å². The molecule has 0 aliphatic rings. The first-order chi connectivity index (χ1) is 12.0. The van der Waals surface area contributed by atoms with Crippen LogP contribution in [0.5, 0.6) is 11.5 Å². The zero-order valence-corrected chi connectivity index (χ0v) is 17.1. The molecule has 0 unspecified atom stereocenters. The Hall–Kier alpha value is -1.86. The van der Waals surface area contributed by atoms with Crippen molar-refractivity contribution < 1.29 is 14.3 Å². The number of amides is 1. The average molecular weight is 470 g/mol. The second-order valence-corrected chi connectivity index (χ2v) is 6.68. The van der Waals surface area contributed by atoms with Crippen LogP contribution in [0.3, 0.4) is 0 Å². The molecule has 2 aromatic carbocycles. The van der Waals surface area contributed by atoms with Crippen LogP contribution < -0.4 is 14.9 Å². The lowest BCUT2D eigenvalue weighted by Gasteiger charge is -2.13. The van der Waals surface area contributed by atoms with E-state index in [9.17, 15) is 4.79 Å². The van der Waals surface area contributed by atoms with Crippen LogP contribution in [-0.2, 0) is 0 Å². The monoisotopic (exact) mass is 468 g/mol. The van der Waals surface area contributed by atoms with Crippen molar-refractivity contribution in [1.82, 2.24) is 5.43 Å². The Morgan fingerprint density at radius 1 is 1.16 bits per heavy atom. The van der Waals surface area contributed by atoms with Gasteiger partial charge >= 0.3 is 0 Å². The van der Waals surface area contributed by atoms with Gasteiger partial charge in [-0.1, -0.05) is 22.0 Å². The van der Waals surface area contributed by atoms with E-state index in [1.165, 1.54) is 0 Å². The maximum atomic E-state index is 12.1. The normalized spacial score (nSPS) is 10.7. The van der Waals surface area contributed by atoms with Crippen LogP contribution in [0.15, 0.2) is 50.4 Å². The zero-order valence-electron chi connectivity index (χ0n) is 13.9. The standard InChI is InChI=1S/C18H18Br2N2O3/c1-3-24-16-9-12(8-15(20)17(16)25-4-2)11-21-22-18(23)13-6-5-7-14(19)10-13/h5-11H,3-4H2,1-2H3,(H,22,23)/b21-11-. The van der Waals surface area contributed by atoms with E-state index in [1.54, 1.807) is 24.4 Å². The predicted octanol–water partition coefficient (Wildman–Crippen LogP) is 4.77. The van der Waals surface area contributed by atoms with Gasteiger partial charge in [-0.2, -0.15) is 5.10 Å². The number of ether oxygens (including phenoxy) is 2. The summed E-state index contributed by atoms with van der Waals surface area (Å²) in [6, 6.07) is 10.8. The SMILES string of the molecule is CCOc1cc(/C=N\NC(=O)c2cccc(Br)c2)cc(Br)c1OCC. The molecule has 7 heteroatoms. The minimum atomic E-state index is -0.285. The Bertz CT molecular complexity index is 779. The van der Waals surface area contributed by atoms with E-state index in [1.807, 2.05) is 32.0 Å². The summed E-state index contributed by atoms with van der Waals surface area (Å²) < 4.78 is 12.8. The van der Waals surface area contributed by atoms with Crippen LogP contribution in [0.1, 0.15) is 29.8 Å². The number of hydrogen-bond acceptors (Lipinski definition) is 4. The van der Waals surface area contributed by atoms with E-state index in [-0.39, 0.29) is 5.91 Å². The van der Waals surface area contributed by atoms with Crippen LogP contribution >= 0.6 is 31.9 Å². The second-order valence-electron chi connectivity index (χ2n) is 4.91. The van der Waals surface area contributed by atoms with Gasteiger partial charge in [-0.25, -0.2) is 5.43 Å². The summed E-state index contributed by atoms with van der Waals surface area (Å²) in [5.41, 5.74) is 3.80. The van der Waals surface area contributed by atoms with Gasteiger partial charge in [0.05, 0.1) is 23.9 Å². The highest BCUT2D eigenvalue weighted by molar-refractivity contribution is 9.10. The number of hydrogen-bond donors (Lipinski definition) is 1. The Kier molecular flexibility index (Phi) is 7.46. The summed E-state index contributed by atoms with van der Waals surface area (Å²) in [6.07, 6.45) is 1.55. The molecule has 0 aliphatic heterocycles. The molecular formula is C18H18Br2N2O3. The Morgan fingerprint density at radius 2 is 1.92 bits per heavy atom. The highest BCUT2D eigenvalue weighted by Gasteiger charge is 2.11. The molecule has 0 atom stereocenters. The van der Waals surface area contributed by atoms with Gasteiger partial charge in [0, 0.05) is 10.0 Å². The summed E-state index contributed by atoms with van der Waals surface area (Å²) in [7, 11) is 0. The second kappa shape index (κ2) is 9.58. The molecule has 2 rings (SSSR count). The molecule has 1 amide bonds. The minimum absolute atomic E-state index is 0.285. The number of benzene rings is 2. The molecule has 0 spiro atoms. The number of nitrogens with one attached hydrogen (secondary N) is 1. The van der Waals surface area contributed by atoms with Crippen LogP contribution in [0.4, 0.5) is 0 Å². The first kappa shape index (κ1) is 19.5. The lowest BCUT2D eigenvalue weighted by molar-refractivity contribution is 0.0955. The fraction of sp³-hybridized carbons (Fsp3) is 0.222. The minimum Gasteiger partial charge on any atom is -0.490 e. The summed E-state index contributed by atoms with van der Waals surface area (Å²) in [6.45, 7) is 4.87. The summed E-state index contributed by atoms with van der Waals surface area (Å²) >= 11 is 6.81. The van der Waals surface area contributed by atoms with Crippen molar-refractivity contribution in [2.75, 3.05) is 13.2 Å². The van der Waals surface area contributed by atoms with Crippen molar-refractivity contribution in [3.05, 3.63) is 56.5 Å². The smallest absolute Gasteiger partial charge is 0.271 e. The maximum absolute atomic E-state index is 12.1. The van der Waals surface area contributed by atoms with Gasteiger partial charge in [-0.05, 0) is 65.7 Å². The molecule has 5 nitrogen and oxygen atoms in total. The van der Waals surface area contributed by atoms with E-state index in [4.69, 9.17) is 9.47 Å². The topological polar surface area (TPSA) is 59.9 Å². The number of halogens is 2. The van der Waals surface area contributed by atoms with Crippen molar-refractivity contribution in [3.63, 3.8) is 0 Å². The fourth-order valence-corrected chi connectivity index (χ4v) is 3.04. The number of rotatable bonds is 7. The van der Waals surface area contributed by atoms with Gasteiger partial charge in [-0.15, -0.1) is 0 Å². The largest absolute Gasteiger partial charge is 0.490 e. The predicted molar refractivity (Wildman–Crippen MR) is 106 cm³/mol. The molecule has 25 heavy (non-hydrogen) atoms. The van der Waals surface area contributed by atoms with Gasteiger partial charge in [0.1, 0.15) is 0 Å². The van der Waals surface area contributed by atoms with Crippen LogP contribution in [0.25, 0.3) is 0 Å². The van der Waals surface area contributed by atoms with Gasteiger partial charge in [0.15, 0.2) is 11.5 Å². The number of carbonyl (C=O) groups is 1. The van der Waals surface area contributed by atoms with Gasteiger partial charge < -0.3 is 9.47 Å². The van der Waals surface area contributed by atoms with Gasteiger partial charge in [-0.3, -0.25) is 4.79 Å². The maximum Gasteiger partial charge on any atom is 0.271 e. The van der Waals surface area contributed by atoms with Gasteiger partial charge in [0.2, 0.25) is 0 Å². The van der Waals surface area contributed by atoms with E-state index in [0.717, 1.165) is 14.5 Å². The molecule has 0 fully saturated rings. The van der Waals surface area contributed by atoms with Crippen LogP contribution in [0, 0.1) is 0 Å². The molecule has 2 aromatic rings. The molecule has 0 radical (unpaired) electrons. The fourth-order valence-electron chi connectivity index (χ4n) is 2.07. The Labute approximate surface area is 163 Å². The average Bonchev–Trinajstić information content (AvgIpc) is 2.58. The Balaban J connectivity index is 2.13. The quantitative estimate of drug-likeness (QED) is 0.469. The first-order valence-electron chi connectivity index (χ1n) is 7.73. The number of carbonyl (C=O) groups excluding carboxylic acids is 1.